The number of nitrogens with zero attached hydrogens (tertiary/aromatic N) is 4. The van der Waals surface area contributed by atoms with E-state index < -0.39 is 5.97 Å². The summed E-state index contributed by atoms with van der Waals surface area (Å²) in [5, 5.41) is 13.9. The summed E-state index contributed by atoms with van der Waals surface area (Å²) >= 11 is 1.19. The van der Waals surface area contributed by atoms with Crippen LogP contribution in [-0.2, 0) is 4.79 Å². The highest BCUT2D eigenvalue weighted by Crippen LogP contribution is 2.22. The first-order valence-electron chi connectivity index (χ1n) is 5.93. The minimum absolute atomic E-state index is 0.0126. The summed E-state index contributed by atoms with van der Waals surface area (Å²) in [4.78, 5) is 14.9. The highest BCUT2D eigenvalue weighted by molar-refractivity contribution is 7.99. The maximum absolute atomic E-state index is 10.6. The van der Waals surface area contributed by atoms with E-state index in [0.717, 1.165) is 11.5 Å². The van der Waals surface area contributed by atoms with E-state index in [1.807, 2.05) is 28.4 Å². The molecule has 2 rings (SSSR count). The number of aliphatic carboxylic acids is 1. The van der Waals surface area contributed by atoms with Crippen molar-refractivity contribution in [3.05, 3.63) is 24.2 Å². The Hall–Kier alpha value is -1.76. The Morgan fingerprint density at radius 1 is 1.53 bits per heavy atom. The maximum atomic E-state index is 10.6. The van der Waals surface area contributed by atoms with Crippen molar-refractivity contribution in [3.8, 4) is 5.82 Å². The Kier molecular flexibility index (Phi) is 3.94. The van der Waals surface area contributed by atoms with Crippen LogP contribution in [-0.4, -0.2) is 36.2 Å². The normalized spacial score (nSPS) is 11.2. The lowest BCUT2D eigenvalue weighted by molar-refractivity contribution is -0.133. The maximum Gasteiger partial charge on any atom is 0.313 e. The predicted octanol–water partition coefficient (Wildman–Crippen LogP) is 2.13. The highest BCUT2D eigenvalue weighted by Gasteiger charge is 2.13. The van der Waals surface area contributed by atoms with Crippen molar-refractivity contribution >= 4 is 17.7 Å². The van der Waals surface area contributed by atoms with Gasteiger partial charge >= 0.3 is 5.97 Å². The molecule has 2 aromatic heterocycles. The van der Waals surface area contributed by atoms with Crippen LogP contribution < -0.4 is 0 Å². The van der Waals surface area contributed by atoms with Gasteiger partial charge in [-0.2, -0.15) is 5.10 Å². The van der Waals surface area contributed by atoms with E-state index in [2.05, 4.69) is 23.9 Å². The van der Waals surface area contributed by atoms with Crippen molar-refractivity contribution in [2.24, 2.45) is 0 Å². The Morgan fingerprint density at radius 3 is 2.84 bits per heavy atom. The Labute approximate surface area is 115 Å². The summed E-state index contributed by atoms with van der Waals surface area (Å²) in [5.41, 5.74) is 0.932. The van der Waals surface area contributed by atoms with Crippen molar-refractivity contribution in [2.45, 2.75) is 32.0 Å². The SMILES string of the molecule is Cc1cnc(SCC(=O)O)n1-c1ccn(C(C)C)n1. The topological polar surface area (TPSA) is 72.9 Å². The van der Waals surface area contributed by atoms with Crippen molar-refractivity contribution in [1.82, 2.24) is 19.3 Å². The van der Waals surface area contributed by atoms with E-state index in [9.17, 15) is 4.79 Å². The number of hydrogen-bond donors (Lipinski definition) is 1. The van der Waals surface area contributed by atoms with E-state index in [1.54, 1.807) is 6.20 Å². The number of imidazole rings is 1. The third-order valence-electron chi connectivity index (χ3n) is 2.58. The molecule has 0 spiro atoms. The van der Waals surface area contributed by atoms with E-state index in [0.29, 0.717) is 5.16 Å². The molecule has 0 radical (unpaired) electrons. The van der Waals surface area contributed by atoms with Crippen LogP contribution in [0, 0.1) is 6.92 Å². The third-order valence-corrected chi connectivity index (χ3v) is 3.52. The molecule has 0 amide bonds. The monoisotopic (exact) mass is 280 g/mol. The molecule has 0 aliphatic heterocycles. The van der Waals surface area contributed by atoms with Crippen LogP contribution in [0.15, 0.2) is 23.6 Å². The van der Waals surface area contributed by atoms with Gasteiger partial charge in [0, 0.05) is 30.2 Å². The molecule has 0 aliphatic rings. The summed E-state index contributed by atoms with van der Waals surface area (Å²) in [5.74, 6) is -0.108. The van der Waals surface area contributed by atoms with Crippen molar-refractivity contribution in [2.75, 3.05) is 5.75 Å². The molecular formula is C12H16N4O2S. The molecule has 19 heavy (non-hydrogen) atoms. The lowest BCUT2D eigenvalue weighted by atomic mass is 10.4. The van der Waals surface area contributed by atoms with Crippen molar-refractivity contribution in [1.29, 1.82) is 0 Å². The molecule has 0 bridgehead atoms. The molecule has 0 unspecified atom stereocenters. The van der Waals surface area contributed by atoms with Crippen LogP contribution in [0.1, 0.15) is 25.6 Å². The van der Waals surface area contributed by atoms with Crippen LogP contribution in [0.5, 0.6) is 0 Å². The molecular weight excluding hydrogens is 264 g/mol. The Morgan fingerprint density at radius 2 is 2.26 bits per heavy atom. The van der Waals surface area contributed by atoms with E-state index in [1.165, 1.54) is 11.8 Å². The van der Waals surface area contributed by atoms with Crippen molar-refractivity contribution < 1.29 is 9.90 Å². The number of rotatable bonds is 5. The van der Waals surface area contributed by atoms with Crippen LogP contribution in [0.4, 0.5) is 0 Å². The van der Waals surface area contributed by atoms with Crippen LogP contribution in [0.2, 0.25) is 0 Å². The third kappa shape index (κ3) is 2.98. The first kappa shape index (κ1) is 13.7. The van der Waals surface area contributed by atoms with Gasteiger partial charge < -0.3 is 5.11 Å². The fourth-order valence-electron chi connectivity index (χ4n) is 1.66. The van der Waals surface area contributed by atoms with Crippen LogP contribution >= 0.6 is 11.8 Å². The van der Waals surface area contributed by atoms with Crippen LogP contribution in [0.25, 0.3) is 5.82 Å². The van der Waals surface area contributed by atoms with Gasteiger partial charge in [0.05, 0.1) is 5.75 Å². The molecule has 1 N–H and O–H groups in total. The molecule has 0 atom stereocenters. The van der Waals surface area contributed by atoms with Gasteiger partial charge in [-0.1, -0.05) is 11.8 Å². The second kappa shape index (κ2) is 5.48. The first-order valence-corrected chi connectivity index (χ1v) is 6.92. The molecule has 2 aromatic rings. The average Bonchev–Trinajstić information content (AvgIpc) is 2.92. The molecule has 0 saturated heterocycles. The molecule has 0 aliphatic carbocycles. The molecule has 2 heterocycles. The highest BCUT2D eigenvalue weighted by atomic mass is 32.2. The summed E-state index contributed by atoms with van der Waals surface area (Å²) in [6, 6.07) is 2.19. The number of thioether (sulfide) groups is 1. The van der Waals surface area contributed by atoms with Gasteiger partial charge in [0.15, 0.2) is 11.0 Å². The largest absolute Gasteiger partial charge is 0.481 e. The molecule has 6 nitrogen and oxygen atoms in total. The number of aryl methyl sites for hydroxylation is 1. The van der Waals surface area contributed by atoms with E-state index in [4.69, 9.17) is 5.11 Å². The molecule has 0 fully saturated rings. The zero-order chi connectivity index (χ0) is 14.0. The second-order valence-electron chi connectivity index (χ2n) is 4.45. The minimum Gasteiger partial charge on any atom is -0.481 e. The lowest BCUT2D eigenvalue weighted by Crippen LogP contribution is -2.06. The number of carboxylic acid groups (broad SMARTS) is 1. The predicted molar refractivity (Wildman–Crippen MR) is 72.8 cm³/mol. The van der Waals surface area contributed by atoms with E-state index >= 15 is 0 Å². The zero-order valence-corrected chi connectivity index (χ0v) is 11.9. The van der Waals surface area contributed by atoms with Gasteiger partial charge in [-0.3, -0.25) is 14.0 Å². The smallest absolute Gasteiger partial charge is 0.313 e. The quantitative estimate of drug-likeness (QED) is 0.849. The Bertz CT molecular complexity index is 588. The molecule has 102 valence electrons. The summed E-state index contributed by atoms with van der Waals surface area (Å²) in [6.45, 7) is 6.03. The standard InChI is InChI=1S/C12H16N4O2S/c1-8(2)15-5-4-10(14-15)16-9(3)6-13-12(16)19-7-11(17)18/h4-6,8H,7H2,1-3H3,(H,17,18). The van der Waals surface area contributed by atoms with Gasteiger partial charge in [0.1, 0.15) is 0 Å². The fourth-order valence-corrected chi connectivity index (χ4v) is 2.40. The molecule has 0 aromatic carbocycles. The average molecular weight is 280 g/mol. The molecule has 0 saturated carbocycles. The van der Waals surface area contributed by atoms with Crippen molar-refractivity contribution in [3.63, 3.8) is 0 Å². The number of hydrogen-bond acceptors (Lipinski definition) is 4. The Balaban J connectivity index is 2.31. The molecule has 7 heteroatoms. The fraction of sp³-hybridized carbons (Fsp3) is 0.417. The summed E-state index contributed by atoms with van der Waals surface area (Å²) in [6.07, 6.45) is 3.63. The van der Waals surface area contributed by atoms with E-state index in [-0.39, 0.29) is 11.8 Å². The first-order chi connectivity index (χ1) is 8.99. The number of carboxylic acids is 1. The minimum atomic E-state index is -0.857. The van der Waals surface area contributed by atoms with Gasteiger partial charge in [-0.25, -0.2) is 4.98 Å². The second-order valence-corrected chi connectivity index (χ2v) is 5.39. The zero-order valence-electron chi connectivity index (χ0n) is 11.1. The van der Waals surface area contributed by atoms with Crippen LogP contribution in [0.3, 0.4) is 0 Å². The number of carbonyl (C=O) groups is 1. The van der Waals surface area contributed by atoms with Gasteiger partial charge in [0.2, 0.25) is 0 Å². The van der Waals surface area contributed by atoms with Gasteiger partial charge in [-0.05, 0) is 20.8 Å². The van der Waals surface area contributed by atoms with Gasteiger partial charge in [-0.15, -0.1) is 0 Å². The van der Waals surface area contributed by atoms with Gasteiger partial charge in [0.25, 0.3) is 0 Å². The summed E-state index contributed by atoms with van der Waals surface area (Å²) in [7, 11) is 0. The lowest BCUT2D eigenvalue weighted by Gasteiger charge is -2.07. The summed E-state index contributed by atoms with van der Waals surface area (Å²) < 4.78 is 3.73. The number of aromatic nitrogens is 4.